The van der Waals surface area contributed by atoms with Gasteiger partial charge in [0.05, 0.1) is 5.69 Å². The first-order chi connectivity index (χ1) is 12.9. The van der Waals surface area contributed by atoms with Crippen molar-refractivity contribution in [3.63, 3.8) is 0 Å². The molecule has 27 heavy (non-hydrogen) atoms. The van der Waals surface area contributed by atoms with Gasteiger partial charge in [0.15, 0.2) is 0 Å². The number of nitrogens with one attached hydrogen (secondary N) is 2. The molecule has 142 valence electrons. The van der Waals surface area contributed by atoms with Crippen LogP contribution in [-0.2, 0) is 16.4 Å². The van der Waals surface area contributed by atoms with Crippen LogP contribution < -0.4 is 4.72 Å². The third-order valence-electron chi connectivity index (χ3n) is 5.10. The maximum absolute atomic E-state index is 13.4. The van der Waals surface area contributed by atoms with Gasteiger partial charge >= 0.3 is 0 Å². The quantitative estimate of drug-likeness (QED) is 0.679. The normalized spacial score (nSPS) is 17.1. The zero-order valence-electron chi connectivity index (χ0n) is 15.7. The third-order valence-corrected chi connectivity index (χ3v) is 7.90. The minimum atomic E-state index is -3.68. The summed E-state index contributed by atoms with van der Waals surface area (Å²) in [5.41, 5.74) is 4.62. The van der Waals surface area contributed by atoms with Crippen LogP contribution in [0.2, 0.25) is 0 Å². The fourth-order valence-corrected chi connectivity index (χ4v) is 7.08. The van der Waals surface area contributed by atoms with Crippen molar-refractivity contribution in [2.45, 2.75) is 51.0 Å². The number of aryl methyl sites for hydroxylation is 4. The molecule has 0 bridgehead atoms. The lowest BCUT2D eigenvalue weighted by Crippen LogP contribution is -2.31. The van der Waals surface area contributed by atoms with Crippen molar-refractivity contribution in [2.75, 3.05) is 0 Å². The van der Waals surface area contributed by atoms with Gasteiger partial charge in [-0.3, -0.25) is 5.10 Å². The van der Waals surface area contributed by atoms with E-state index in [1.165, 1.54) is 16.9 Å². The van der Waals surface area contributed by atoms with Crippen molar-refractivity contribution in [3.05, 3.63) is 56.9 Å². The van der Waals surface area contributed by atoms with Crippen molar-refractivity contribution < 1.29 is 8.42 Å². The molecule has 0 saturated carbocycles. The summed E-state index contributed by atoms with van der Waals surface area (Å²) in [6.45, 7) is 5.73. The molecule has 2 aromatic heterocycles. The number of rotatable bonds is 4. The highest BCUT2D eigenvalue weighted by Gasteiger charge is 2.31. The Bertz CT molecular complexity index is 1100. The van der Waals surface area contributed by atoms with E-state index in [0.717, 1.165) is 40.3 Å². The minimum absolute atomic E-state index is 0.187. The largest absolute Gasteiger partial charge is 0.282 e. The van der Waals surface area contributed by atoms with Gasteiger partial charge < -0.3 is 0 Å². The Labute approximate surface area is 163 Å². The zero-order chi connectivity index (χ0) is 19.2. The smallest absolute Gasteiger partial charge is 0.242 e. The molecule has 1 aliphatic rings. The molecule has 0 saturated heterocycles. The first-order valence-electron chi connectivity index (χ1n) is 9.09. The summed E-state index contributed by atoms with van der Waals surface area (Å²) in [5.74, 6) is 0. The number of hydrogen-bond acceptors (Lipinski definition) is 4. The number of H-pyrrole nitrogens is 1. The Kier molecular flexibility index (Phi) is 4.70. The molecule has 1 aliphatic carbocycles. The van der Waals surface area contributed by atoms with E-state index in [4.69, 9.17) is 0 Å². The van der Waals surface area contributed by atoms with Gasteiger partial charge in [-0.1, -0.05) is 24.3 Å². The third kappa shape index (κ3) is 3.35. The van der Waals surface area contributed by atoms with Crippen LogP contribution in [0.5, 0.6) is 0 Å². The number of sulfonamides is 1. The van der Waals surface area contributed by atoms with Crippen LogP contribution in [0.25, 0.3) is 11.3 Å². The fraction of sp³-hybridized carbons (Fsp3) is 0.350. The molecule has 0 amide bonds. The Morgan fingerprint density at radius 1 is 1.19 bits per heavy atom. The summed E-state index contributed by atoms with van der Waals surface area (Å²) >= 11 is 1.50. The van der Waals surface area contributed by atoms with E-state index in [-0.39, 0.29) is 6.04 Å². The molecule has 0 fully saturated rings. The predicted octanol–water partition coefficient (Wildman–Crippen LogP) is 4.42. The van der Waals surface area contributed by atoms with Gasteiger partial charge in [-0.05, 0) is 57.2 Å². The molecule has 1 atom stereocenters. The lowest BCUT2D eigenvalue weighted by atomic mass is 9.88. The van der Waals surface area contributed by atoms with Gasteiger partial charge in [0.1, 0.15) is 4.90 Å². The topological polar surface area (TPSA) is 74.8 Å². The first-order valence-corrected chi connectivity index (χ1v) is 11.4. The standard InChI is InChI=1S/C20H23N3O2S2/c1-12-11-18(22-21-12)19-13(2)26-14(3)20(19)27(24,25)23-17-10-6-8-15-7-4-5-9-16(15)17/h4-5,7,9,11,17,23H,6,8,10H2,1-3H3,(H,21,22)/t17-/m0/s1. The first kappa shape index (κ1) is 18.4. The molecule has 2 N–H and O–H groups in total. The summed E-state index contributed by atoms with van der Waals surface area (Å²) in [6.07, 6.45) is 2.80. The highest BCUT2D eigenvalue weighted by molar-refractivity contribution is 7.89. The van der Waals surface area contributed by atoms with Gasteiger partial charge in [-0.15, -0.1) is 11.3 Å². The van der Waals surface area contributed by atoms with Crippen molar-refractivity contribution >= 4 is 21.4 Å². The van der Waals surface area contributed by atoms with E-state index < -0.39 is 10.0 Å². The second-order valence-electron chi connectivity index (χ2n) is 7.12. The van der Waals surface area contributed by atoms with E-state index >= 15 is 0 Å². The van der Waals surface area contributed by atoms with Gasteiger partial charge in [-0.25, -0.2) is 13.1 Å². The summed E-state index contributed by atoms with van der Waals surface area (Å²) < 4.78 is 29.8. The van der Waals surface area contributed by atoms with E-state index in [1.54, 1.807) is 0 Å². The van der Waals surface area contributed by atoms with E-state index in [9.17, 15) is 8.42 Å². The molecule has 0 aliphatic heterocycles. The van der Waals surface area contributed by atoms with Crippen LogP contribution in [-0.4, -0.2) is 18.6 Å². The number of hydrogen-bond donors (Lipinski definition) is 2. The molecule has 0 spiro atoms. The molecule has 3 aromatic rings. The Morgan fingerprint density at radius 2 is 1.96 bits per heavy atom. The monoisotopic (exact) mass is 401 g/mol. The van der Waals surface area contributed by atoms with Crippen molar-refractivity contribution in [1.82, 2.24) is 14.9 Å². The molecule has 1 aromatic carbocycles. The second kappa shape index (κ2) is 6.89. The molecular formula is C20H23N3O2S2. The Hall–Kier alpha value is -1.96. The average Bonchev–Trinajstić information content (AvgIpc) is 3.17. The van der Waals surface area contributed by atoms with Crippen molar-refractivity contribution in [2.24, 2.45) is 0 Å². The van der Waals surface area contributed by atoms with Gasteiger partial charge in [0.2, 0.25) is 10.0 Å². The molecule has 0 radical (unpaired) electrons. The van der Waals surface area contributed by atoms with Gasteiger partial charge in [0, 0.05) is 27.1 Å². The number of nitrogens with zero attached hydrogens (tertiary/aromatic N) is 1. The van der Waals surface area contributed by atoms with E-state index in [2.05, 4.69) is 21.0 Å². The lowest BCUT2D eigenvalue weighted by molar-refractivity contribution is 0.507. The van der Waals surface area contributed by atoms with Crippen molar-refractivity contribution in [3.8, 4) is 11.3 Å². The summed E-state index contributed by atoms with van der Waals surface area (Å²) in [5, 5.41) is 7.22. The maximum atomic E-state index is 13.4. The molecule has 5 nitrogen and oxygen atoms in total. The second-order valence-corrected chi connectivity index (χ2v) is 10.2. The van der Waals surface area contributed by atoms with Gasteiger partial charge in [0.25, 0.3) is 0 Å². The molecular weight excluding hydrogens is 378 g/mol. The van der Waals surface area contributed by atoms with E-state index in [1.807, 2.05) is 45.0 Å². The summed E-state index contributed by atoms with van der Waals surface area (Å²) in [7, 11) is -3.68. The number of aromatic amines is 1. The molecule has 7 heteroatoms. The zero-order valence-corrected chi connectivity index (χ0v) is 17.3. The minimum Gasteiger partial charge on any atom is -0.282 e. The number of aromatic nitrogens is 2. The lowest BCUT2D eigenvalue weighted by Gasteiger charge is -2.26. The number of thiophene rings is 1. The fourth-order valence-electron chi connectivity index (χ4n) is 3.95. The number of fused-ring (bicyclic) bond motifs is 1. The molecule has 0 unspecified atom stereocenters. The SMILES string of the molecule is Cc1cc(-c2c(C)sc(C)c2S(=O)(=O)N[C@H]2CCCc3ccccc32)n[nH]1. The van der Waals surface area contributed by atoms with Crippen molar-refractivity contribution in [1.29, 1.82) is 0 Å². The Balaban J connectivity index is 1.76. The molecule has 4 rings (SSSR count). The maximum Gasteiger partial charge on any atom is 0.242 e. The van der Waals surface area contributed by atoms with Crippen LogP contribution in [0.3, 0.4) is 0 Å². The van der Waals surface area contributed by atoms with Crippen LogP contribution in [0.4, 0.5) is 0 Å². The average molecular weight is 402 g/mol. The predicted molar refractivity (Wildman–Crippen MR) is 109 cm³/mol. The Morgan fingerprint density at radius 3 is 2.70 bits per heavy atom. The number of benzene rings is 1. The summed E-state index contributed by atoms with van der Waals surface area (Å²) in [6, 6.07) is 9.82. The van der Waals surface area contributed by atoms with E-state index in [0.29, 0.717) is 16.2 Å². The highest BCUT2D eigenvalue weighted by Crippen LogP contribution is 2.39. The van der Waals surface area contributed by atoms with Gasteiger partial charge in [-0.2, -0.15) is 5.10 Å². The van der Waals surface area contributed by atoms with Crippen LogP contribution in [0, 0.1) is 20.8 Å². The molecule has 2 heterocycles. The van der Waals surface area contributed by atoms with Crippen LogP contribution in [0.1, 0.15) is 45.5 Å². The van der Waals surface area contributed by atoms with Crippen LogP contribution in [0.15, 0.2) is 35.2 Å². The highest BCUT2D eigenvalue weighted by atomic mass is 32.2. The van der Waals surface area contributed by atoms with Crippen LogP contribution >= 0.6 is 11.3 Å². The summed E-state index contributed by atoms with van der Waals surface area (Å²) in [4.78, 5) is 2.11.